The van der Waals surface area contributed by atoms with E-state index in [0.29, 0.717) is 23.8 Å². The van der Waals surface area contributed by atoms with Crippen LogP contribution < -0.4 is 5.32 Å². The molecule has 3 rings (SSSR count). The Morgan fingerprint density at radius 3 is 2.75 bits per heavy atom. The summed E-state index contributed by atoms with van der Waals surface area (Å²) >= 11 is 0. The number of nitrogens with one attached hydrogen (secondary N) is 1. The molecule has 1 aromatic carbocycles. The van der Waals surface area contributed by atoms with Crippen LogP contribution in [0.5, 0.6) is 0 Å². The first kappa shape index (κ1) is 13.2. The summed E-state index contributed by atoms with van der Waals surface area (Å²) in [5.41, 5.74) is 2.21. The van der Waals surface area contributed by atoms with Crippen LogP contribution in [0.25, 0.3) is 5.69 Å². The molecular formula is C15H17F2N3. The Balaban J connectivity index is 1.95. The van der Waals surface area contributed by atoms with E-state index in [1.165, 1.54) is 4.68 Å². The molecule has 20 heavy (non-hydrogen) atoms. The summed E-state index contributed by atoms with van der Waals surface area (Å²) < 4.78 is 28.1. The van der Waals surface area contributed by atoms with Crippen LogP contribution in [0.15, 0.2) is 30.5 Å². The molecule has 0 radical (unpaired) electrons. The van der Waals surface area contributed by atoms with Gasteiger partial charge in [-0.25, -0.2) is 13.5 Å². The predicted octanol–water partition coefficient (Wildman–Crippen LogP) is 3.37. The van der Waals surface area contributed by atoms with Crippen LogP contribution in [0.2, 0.25) is 0 Å². The lowest BCUT2D eigenvalue weighted by molar-refractivity contribution is 0.141. The van der Waals surface area contributed by atoms with Gasteiger partial charge in [-0.1, -0.05) is 18.2 Å². The highest BCUT2D eigenvalue weighted by atomic mass is 19.3. The van der Waals surface area contributed by atoms with E-state index in [4.69, 9.17) is 0 Å². The van der Waals surface area contributed by atoms with Gasteiger partial charge in [0.1, 0.15) is 5.69 Å². The van der Waals surface area contributed by atoms with Gasteiger partial charge in [0.2, 0.25) is 0 Å². The van der Waals surface area contributed by atoms with Crippen LogP contribution in [0.4, 0.5) is 8.78 Å². The first-order valence-corrected chi connectivity index (χ1v) is 6.81. The third-order valence-electron chi connectivity index (χ3n) is 3.60. The summed E-state index contributed by atoms with van der Waals surface area (Å²) in [4.78, 5) is 0. The second kappa shape index (κ2) is 5.32. The Bertz CT molecular complexity index is 603. The SMILES string of the molecule is Cc1ccccc1-n1ncc(CNC2CC2)c1C(F)F. The fourth-order valence-electron chi connectivity index (χ4n) is 2.30. The number of aryl methyl sites for hydroxylation is 1. The lowest BCUT2D eigenvalue weighted by atomic mass is 10.2. The highest BCUT2D eigenvalue weighted by molar-refractivity contribution is 5.42. The van der Waals surface area contributed by atoms with E-state index in [0.717, 1.165) is 18.4 Å². The summed E-state index contributed by atoms with van der Waals surface area (Å²) in [6.07, 6.45) is 1.28. The molecule has 0 atom stereocenters. The van der Waals surface area contributed by atoms with Gasteiger partial charge in [-0.15, -0.1) is 0 Å². The highest BCUT2D eigenvalue weighted by Gasteiger charge is 2.24. The van der Waals surface area contributed by atoms with Gasteiger partial charge in [0.05, 0.1) is 11.9 Å². The fraction of sp³-hybridized carbons (Fsp3) is 0.400. The minimum absolute atomic E-state index is 0.00699. The molecular weight excluding hydrogens is 260 g/mol. The van der Waals surface area contributed by atoms with Gasteiger partial charge in [0.15, 0.2) is 0 Å². The molecule has 5 heteroatoms. The van der Waals surface area contributed by atoms with E-state index < -0.39 is 6.43 Å². The van der Waals surface area contributed by atoms with Gasteiger partial charge in [-0.2, -0.15) is 5.10 Å². The molecule has 1 fully saturated rings. The molecule has 1 aromatic heterocycles. The van der Waals surface area contributed by atoms with E-state index in [1.807, 2.05) is 31.2 Å². The molecule has 0 amide bonds. The second-order valence-electron chi connectivity index (χ2n) is 5.21. The van der Waals surface area contributed by atoms with Crippen molar-refractivity contribution in [2.75, 3.05) is 0 Å². The van der Waals surface area contributed by atoms with Crippen LogP contribution in [0.1, 0.15) is 36.1 Å². The number of hydrogen-bond acceptors (Lipinski definition) is 2. The first-order chi connectivity index (χ1) is 9.66. The normalized spacial score (nSPS) is 15.0. The fourth-order valence-corrected chi connectivity index (χ4v) is 2.30. The highest BCUT2D eigenvalue weighted by Crippen LogP contribution is 2.28. The zero-order chi connectivity index (χ0) is 14.1. The van der Waals surface area contributed by atoms with Crippen LogP contribution in [-0.4, -0.2) is 15.8 Å². The maximum atomic E-state index is 13.4. The van der Waals surface area contributed by atoms with E-state index in [-0.39, 0.29) is 5.69 Å². The molecule has 3 nitrogen and oxygen atoms in total. The van der Waals surface area contributed by atoms with Gasteiger partial charge >= 0.3 is 0 Å². The monoisotopic (exact) mass is 277 g/mol. The molecule has 0 spiro atoms. The van der Waals surface area contributed by atoms with Crippen molar-refractivity contribution in [3.8, 4) is 5.69 Å². The Hall–Kier alpha value is -1.75. The lowest BCUT2D eigenvalue weighted by Gasteiger charge is -2.11. The molecule has 0 saturated heterocycles. The van der Waals surface area contributed by atoms with Crippen molar-refractivity contribution < 1.29 is 8.78 Å². The van der Waals surface area contributed by atoms with E-state index in [9.17, 15) is 8.78 Å². The largest absolute Gasteiger partial charge is 0.310 e. The zero-order valence-corrected chi connectivity index (χ0v) is 11.3. The number of halogens is 2. The quantitative estimate of drug-likeness (QED) is 0.908. The van der Waals surface area contributed by atoms with Gasteiger partial charge in [0, 0.05) is 18.2 Å². The van der Waals surface area contributed by atoms with Crippen LogP contribution in [0, 0.1) is 6.92 Å². The summed E-state index contributed by atoms with van der Waals surface area (Å²) in [7, 11) is 0. The van der Waals surface area contributed by atoms with Crippen molar-refractivity contribution in [3.63, 3.8) is 0 Å². The average Bonchev–Trinajstić information content (AvgIpc) is 3.15. The van der Waals surface area contributed by atoms with Crippen molar-refractivity contribution in [1.82, 2.24) is 15.1 Å². The smallest absolute Gasteiger partial charge is 0.280 e. The number of nitrogens with zero attached hydrogens (tertiary/aromatic N) is 2. The summed E-state index contributed by atoms with van der Waals surface area (Å²) in [5, 5.41) is 7.42. The number of alkyl halides is 2. The summed E-state index contributed by atoms with van der Waals surface area (Å²) in [6, 6.07) is 7.92. The predicted molar refractivity (Wildman–Crippen MR) is 73.1 cm³/mol. The van der Waals surface area contributed by atoms with Gasteiger partial charge in [-0.3, -0.25) is 0 Å². The average molecular weight is 277 g/mol. The van der Waals surface area contributed by atoms with Crippen molar-refractivity contribution in [1.29, 1.82) is 0 Å². The maximum absolute atomic E-state index is 13.4. The molecule has 1 aliphatic carbocycles. The molecule has 2 aromatic rings. The number of aromatic nitrogens is 2. The standard InChI is InChI=1S/C15H17F2N3/c1-10-4-2-3-5-13(10)20-14(15(16)17)11(9-19-20)8-18-12-6-7-12/h2-5,9,12,15,18H,6-8H2,1H3. The number of para-hydroxylation sites is 1. The van der Waals surface area contributed by atoms with Gasteiger partial charge in [0.25, 0.3) is 6.43 Å². The molecule has 1 heterocycles. The third kappa shape index (κ3) is 2.58. The van der Waals surface area contributed by atoms with Crippen molar-refractivity contribution in [2.24, 2.45) is 0 Å². The summed E-state index contributed by atoms with van der Waals surface area (Å²) in [6.45, 7) is 2.35. The Labute approximate surface area is 116 Å². The van der Waals surface area contributed by atoms with Crippen LogP contribution >= 0.6 is 0 Å². The van der Waals surface area contributed by atoms with E-state index in [2.05, 4.69) is 10.4 Å². The molecule has 0 bridgehead atoms. The Morgan fingerprint density at radius 1 is 1.35 bits per heavy atom. The summed E-state index contributed by atoms with van der Waals surface area (Å²) in [5.74, 6) is 0. The van der Waals surface area contributed by atoms with Crippen LogP contribution in [0.3, 0.4) is 0 Å². The topological polar surface area (TPSA) is 29.9 Å². The molecule has 0 unspecified atom stereocenters. The molecule has 1 saturated carbocycles. The molecule has 1 N–H and O–H groups in total. The second-order valence-corrected chi connectivity index (χ2v) is 5.21. The lowest BCUT2D eigenvalue weighted by Crippen LogP contribution is -2.16. The third-order valence-corrected chi connectivity index (χ3v) is 3.60. The van der Waals surface area contributed by atoms with Crippen LogP contribution in [-0.2, 0) is 6.54 Å². The molecule has 1 aliphatic rings. The van der Waals surface area contributed by atoms with Crippen molar-refractivity contribution in [3.05, 3.63) is 47.3 Å². The number of benzene rings is 1. The Morgan fingerprint density at radius 2 is 2.10 bits per heavy atom. The van der Waals surface area contributed by atoms with Crippen molar-refractivity contribution in [2.45, 2.75) is 38.8 Å². The number of rotatable bonds is 5. The zero-order valence-electron chi connectivity index (χ0n) is 11.3. The molecule has 106 valence electrons. The minimum atomic E-state index is -2.53. The Kier molecular flexibility index (Phi) is 3.53. The van der Waals surface area contributed by atoms with E-state index >= 15 is 0 Å². The van der Waals surface area contributed by atoms with Gasteiger partial charge < -0.3 is 5.32 Å². The maximum Gasteiger partial charge on any atom is 0.280 e. The van der Waals surface area contributed by atoms with Gasteiger partial charge in [-0.05, 0) is 31.4 Å². The first-order valence-electron chi connectivity index (χ1n) is 6.81. The van der Waals surface area contributed by atoms with Crippen molar-refractivity contribution >= 4 is 0 Å². The molecule has 0 aliphatic heterocycles. The van der Waals surface area contributed by atoms with E-state index in [1.54, 1.807) is 6.20 Å². The number of hydrogen-bond donors (Lipinski definition) is 1. The minimum Gasteiger partial charge on any atom is -0.310 e.